The van der Waals surface area contributed by atoms with Crippen molar-refractivity contribution in [2.75, 3.05) is 0 Å². The van der Waals surface area contributed by atoms with E-state index in [1.54, 1.807) is 13.0 Å². The average Bonchev–Trinajstić information content (AvgIpc) is 2.99. The van der Waals surface area contributed by atoms with Crippen LogP contribution >= 0.6 is 0 Å². The van der Waals surface area contributed by atoms with E-state index in [1.165, 1.54) is 6.07 Å². The third-order valence-corrected chi connectivity index (χ3v) is 3.88. The number of hydrogen-bond donors (Lipinski definition) is 2. The van der Waals surface area contributed by atoms with Gasteiger partial charge in [0.2, 0.25) is 0 Å². The van der Waals surface area contributed by atoms with Gasteiger partial charge in [0, 0.05) is 11.6 Å². The summed E-state index contributed by atoms with van der Waals surface area (Å²) in [5, 5.41) is 2.71. The Morgan fingerprint density at radius 1 is 1.38 bits per heavy atom. The molecule has 5 heteroatoms. The number of aromatic nitrogens is 1. The highest BCUT2D eigenvalue weighted by Crippen LogP contribution is 2.47. The van der Waals surface area contributed by atoms with Crippen molar-refractivity contribution in [2.45, 2.75) is 32.7 Å². The zero-order valence-electron chi connectivity index (χ0n) is 12.1. The van der Waals surface area contributed by atoms with Crippen molar-refractivity contribution in [3.63, 3.8) is 0 Å². The minimum Gasteiger partial charge on any atom is -0.464 e. The molecule has 0 unspecified atom stereocenters. The molecule has 0 aliphatic heterocycles. The van der Waals surface area contributed by atoms with Gasteiger partial charge in [0.1, 0.15) is 17.1 Å². The van der Waals surface area contributed by atoms with E-state index in [0.29, 0.717) is 17.6 Å². The molecule has 1 fully saturated rings. The van der Waals surface area contributed by atoms with Gasteiger partial charge < -0.3 is 14.7 Å². The van der Waals surface area contributed by atoms with E-state index in [0.717, 1.165) is 17.9 Å². The number of carbonyl (C=O) groups excluding carboxylic acids is 1. The van der Waals surface area contributed by atoms with Crippen LogP contribution in [0, 0.1) is 12.8 Å². The molecule has 1 saturated carbocycles. The van der Waals surface area contributed by atoms with Crippen molar-refractivity contribution in [3.05, 3.63) is 57.4 Å². The van der Waals surface area contributed by atoms with Crippen molar-refractivity contribution in [1.29, 1.82) is 0 Å². The van der Waals surface area contributed by atoms with Crippen LogP contribution in [-0.4, -0.2) is 10.9 Å². The molecule has 5 nitrogen and oxygen atoms in total. The van der Waals surface area contributed by atoms with Gasteiger partial charge in [0.05, 0.1) is 6.54 Å². The third kappa shape index (κ3) is 2.91. The lowest BCUT2D eigenvalue weighted by molar-refractivity contribution is 0.0946. The molecule has 0 spiro atoms. The molecule has 110 valence electrons. The van der Waals surface area contributed by atoms with Crippen LogP contribution in [0.4, 0.5) is 0 Å². The molecular formula is C16H18N2O3. The maximum absolute atomic E-state index is 12.0. The maximum Gasteiger partial charge on any atom is 0.260 e. The van der Waals surface area contributed by atoms with Crippen molar-refractivity contribution in [2.24, 2.45) is 5.92 Å². The van der Waals surface area contributed by atoms with Crippen LogP contribution in [0.2, 0.25) is 0 Å². The minimum absolute atomic E-state index is 0.114. The number of nitrogens with one attached hydrogen (secondary N) is 2. The van der Waals surface area contributed by atoms with E-state index in [2.05, 4.69) is 17.2 Å². The van der Waals surface area contributed by atoms with E-state index in [9.17, 15) is 9.59 Å². The molecule has 2 N–H and O–H groups in total. The minimum atomic E-state index is -0.394. The Morgan fingerprint density at radius 3 is 2.81 bits per heavy atom. The van der Waals surface area contributed by atoms with Crippen LogP contribution < -0.4 is 10.9 Å². The predicted molar refractivity (Wildman–Crippen MR) is 78.2 cm³/mol. The van der Waals surface area contributed by atoms with Crippen LogP contribution in [0.1, 0.15) is 46.8 Å². The predicted octanol–water partition coefficient (Wildman–Crippen LogP) is 2.33. The quantitative estimate of drug-likeness (QED) is 0.905. The second-order valence-electron chi connectivity index (χ2n) is 5.69. The van der Waals surface area contributed by atoms with Crippen LogP contribution in [-0.2, 0) is 6.54 Å². The van der Waals surface area contributed by atoms with Gasteiger partial charge in [-0.25, -0.2) is 0 Å². The summed E-state index contributed by atoms with van der Waals surface area (Å²) in [4.78, 5) is 26.3. The first-order valence-electron chi connectivity index (χ1n) is 7.11. The highest BCUT2D eigenvalue weighted by molar-refractivity contribution is 5.93. The first kappa shape index (κ1) is 13.7. The molecule has 0 aromatic carbocycles. The highest BCUT2D eigenvalue weighted by atomic mass is 16.3. The molecule has 2 aromatic rings. The Bertz CT molecular complexity index is 729. The summed E-state index contributed by atoms with van der Waals surface area (Å²) < 4.78 is 5.71. The first-order chi connectivity index (χ1) is 10.0. The average molecular weight is 286 g/mol. The Hall–Kier alpha value is -2.30. The number of aryl methyl sites for hydroxylation is 1. The molecule has 2 heterocycles. The van der Waals surface area contributed by atoms with Gasteiger partial charge in [-0.05, 0) is 43.5 Å². The molecule has 0 bridgehead atoms. The van der Waals surface area contributed by atoms with Gasteiger partial charge in [-0.1, -0.05) is 6.92 Å². The summed E-state index contributed by atoms with van der Waals surface area (Å²) in [6.07, 6.45) is 1.16. The smallest absolute Gasteiger partial charge is 0.260 e. The van der Waals surface area contributed by atoms with Crippen molar-refractivity contribution >= 4 is 5.91 Å². The summed E-state index contributed by atoms with van der Waals surface area (Å²) >= 11 is 0. The van der Waals surface area contributed by atoms with Gasteiger partial charge in [-0.3, -0.25) is 9.59 Å². The largest absolute Gasteiger partial charge is 0.464 e. The third-order valence-electron chi connectivity index (χ3n) is 3.88. The molecule has 1 amide bonds. The number of pyridine rings is 1. The van der Waals surface area contributed by atoms with Gasteiger partial charge in [-0.15, -0.1) is 0 Å². The molecule has 2 atom stereocenters. The lowest BCUT2D eigenvalue weighted by Gasteiger charge is -2.03. The van der Waals surface area contributed by atoms with Gasteiger partial charge >= 0.3 is 0 Å². The summed E-state index contributed by atoms with van der Waals surface area (Å²) in [5.41, 5.74) is 0.466. The number of carbonyl (C=O) groups is 1. The van der Waals surface area contributed by atoms with Crippen LogP contribution in [0.25, 0.3) is 0 Å². The number of rotatable bonds is 4. The molecule has 1 aliphatic carbocycles. The molecule has 0 radical (unpaired) electrons. The Kier molecular flexibility index (Phi) is 3.41. The number of furan rings is 1. The number of amides is 1. The van der Waals surface area contributed by atoms with E-state index in [4.69, 9.17) is 4.42 Å². The zero-order chi connectivity index (χ0) is 15.0. The van der Waals surface area contributed by atoms with Crippen molar-refractivity contribution < 1.29 is 9.21 Å². The first-order valence-corrected chi connectivity index (χ1v) is 7.11. The Morgan fingerprint density at radius 2 is 2.14 bits per heavy atom. The molecule has 0 saturated heterocycles. The summed E-state index contributed by atoms with van der Waals surface area (Å²) in [7, 11) is 0. The number of H-pyrrole nitrogens is 1. The summed E-state index contributed by atoms with van der Waals surface area (Å²) in [6.45, 7) is 4.25. The fraction of sp³-hybridized carbons (Fsp3) is 0.375. The van der Waals surface area contributed by atoms with Crippen molar-refractivity contribution in [1.82, 2.24) is 10.3 Å². The lowest BCUT2D eigenvalue weighted by Crippen LogP contribution is -2.29. The second-order valence-corrected chi connectivity index (χ2v) is 5.69. The van der Waals surface area contributed by atoms with E-state index >= 15 is 0 Å². The Balaban J connectivity index is 1.63. The van der Waals surface area contributed by atoms with E-state index in [1.807, 2.05) is 12.1 Å². The summed E-state index contributed by atoms with van der Waals surface area (Å²) in [5.74, 6) is 2.51. The monoisotopic (exact) mass is 286 g/mol. The summed E-state index contributed by atoms with van der Waals surface area (Å²) in [6, 6.07) is 7.08. The lowest BCUT2D eigenvalue weighted by atomic mass is 10.2. The highest BCUT2D eigenvalue weighted by Gasteiger charge is 2.36. The molecule has 3 rings (SSSR count). The SMILES string of the molecule is Cc1ccc(C(=O)NCc2ccc([C@H]3C[C@H]3C)o2)c(=O)[nH]1. The maximum atomic E-state index is 12.0. The second kappa shape index (κ2) is 5.24. The van der Waals surface area contributed by atoms with Gasteiger partial charge in [0.15, 0.2) is 0 Å². The van der Waals surface area contributed by atoms with Crippen LogP contribution in [0.15, 0.2) is 33.5 Å². The zero-order valence-corrected chi connectivity index (χ0v) is 12.1. The standard InChI is InChI=1S/C16H18N2O3/c1-9-7-13(9)14-6-4-11(21-14)8-17-15(19)12-5-3-10(2)18-16(12)20/h3-6,9,13H,7-8H2,1-2H3,(H,17,19)(H,18,20)/t9-,13+/m1/s1. The number of hydrogen-bond acceptors (Lipinski definition) is 3. The van der Waals surface area contributed by atoms with E-state index < -0.39 is 5.91 Å². The normalized spacial score (nSPS) is 20.3. The fourth-order valence-corrected chi connectivity index (χ4v) is 2.42. The van der Waals surface area contributed by atoms with Crippen LogP contribution in [0.5, 0.6) is 0 Å². The van der Waals surface area contributed by atoms with E-state index in [-0.39, 0.29) is 17.7 Å². The Labute approximate surface area is 122 Å². The molecule has 1 aliphatic rings. The van der Waals surface area contributed by atoms with Crippen molar-refractivity contribution in [3.8, 4) is 0 Å². The fourth-order valence-electron chi connectivity index (χ4n) is 2.42. The van der Waals surface area contributed by atoms with Gasteiger partial charge in [0.25, 0.3) is 11.5 Å². The molecular weight excluding hydrogens is 268 g/mol. The van der Waals surface area contributed by atoms with Gasteiger partial charge in [-0.2, -0.15) is 0 Å². The van der Waals surface area contributed by atoms with Crippen LogP contribution in [0.3, 0.4) is 0 Å². The molecule has 21 heavy (non-hydrogen) atoms. The number of aromatic amines is 1. The molecule has 2 aromatic heterocycles. The topological polar surface area (TPSA) is 75.1 Å².